The van der Waals surface area contributed by atoms with Gasteiger partial charge in [0.15, 0.2) is 0 Å². The van der Waals surface area contributed by atoms with Gasteiger partial charge in [0.2, 0.25) is 0 Å². The van der Waals surface area contributed by atoms with Crippen LogP contribution < -0.4 is 0 Å². The standard InChI is InChI=1S/C10H6FNOS/c11-9-2-1-7-6(4-13)5-14-10(7)8(9)3-12/h1-2,5,13H,4H2. The third-order valence-corrected chi connectivity index (χ3v) is 3.12. The van der Waals surface area contributed by atoms with Crippen molar-refractivity contribution in [2.24, 2.45) is 0 Å². The highest BCUT2D eigenvalue weighted by molar-refractivity contribution is 7.17. The van der Waals surface area contributed by atoms with Crippen LogP contribution in [0.2, 0.25) is 0 Å². The molecule has 2 aromatic rings. The largest absolute Gasteiger partial charge is 0.392 e. The number of thiophene rings is 1. The minimum absolute atomic E-state index is 0.0622. The first-order valence-corrected chi connectivity index (χ1v) is 4.85. The third-order valence-electron chi connectivity index (χ3n) is 2.05. The average molecular weight is 207 g/mol. The van der Waals surface area contributed by atoms with Crippen molar-refractivity contribution >= 4 is 21.4 Å². The van der Waals surface area contributed by atoms with Gasteiger partial charge in [-0.15, -0.1) is 11.3 Å². The van der Waals surface area contributed by atoms with Gasteiger partial charge in [-0.05, 0) is 22.4 Å². The maximum absolute atomic E-state index is 13.2. The van der Waals surface area contributed by atoms with Crippen LogP contribution in [0.25, 0.3) is 10.1 Å². The molecule has 14 heavy (non-hydrogen) atoms. The lowest BCUT2D eigenvalue weighted by atomic mass is 10.1. The molecule has 0 spiro atoms. The number of benzene rings is 1. The van der Waals surface area contributed by atoms with E-state index in [4.69, 9.17) is 10.4 Å². The molecule has 1 aromatic carbocycles. The van der Waals surface area contributed by atoms with Crippen LogP contribution in [0.4, 0.5) is 4.39 Å². The normalized spacial score (nSPS) is 10.4. The summed E-state index contributed by atoms with van der Waals surface area (Å²) in [6.45, 7) is -0.0868. The second-order valence-electron chi connectivity index (χ2n) is 2.83. The number of hydrogen-bond acceptors (Lipinski definition) is 3. The van der Waals surface area contributed by atoms with E-state index in [2.05, 4.69) is 0 Å². The van der Waals surface area contributed by atoms with Crippen LogP contribution in [0, 0.1) is 17.1 Å². The molecule has 1 heterocycles. The summed E-state index contributed by atoms with van der Waals surface area (Å²) in [5.74, 6) is -0.508. The third kappa shape index (κ3) is 1.18. The highest BCUT2D eigenvalue weighted by atomic mass is 32.1. The van der Waals surface area contributed by atoms with Gasteiger partial charge in [-0.1, -0.05) is 6.07 Å². The molecule has 0 atom stereocenters. The zero-order valence-electron chi connectivity index (χ0n) is 7.12. The van der Waals surface area contributed by atoms with E-state index in [1.165, 1.54) is 17.4 Å². The van der Waals surface area contributed by atoms with Gasteiger partial charge in [0.05, 0.1) is 11.3 Å². The molecular weight excluding hydrogens is 201 g/mol. The van der Waals surface area contributed by atoms with E-state index < -0.39 is 5.82 Å². The van der Waals surface area contributed by atoms with Gasteiger partial charge in [-0.25, -0.2) is 4.39 Å². The maximum atomic E-state index is 13.2. The summed E-state index contributed by atoms with van der Waals surface area (Å²) in [7, 11) is 0. The minimum atomic E-state index is -0.508. The summed E-state index contributed by atoms with van der Waals surface area (Å²) < 4.78 is 13.8. The molecule has 0 fully saturated rings. The second-order valence-corrected chi connectivity index (χ2v) is 3.71. The SMILES string of the molecule is N#Cc1c(F)ccc2c(CO)csc12. The quantitative estimate of drug-likeness (QED) is 0.780. The fraction of sp³-hybridized carbons (Fsp3) is 0.100. The molecular formula is C10H6FNOS. The molecule has 0 aliphatic heterocycles. The smallest absolute Gasteiger partial charge is 0.142 e. The lowest BCUT2D eigenvalue weighted by Gasteiger charge is -1.96. The molecule has 1 N–H and O–H groups in total. The van der Waals surface area contributed by atoms with Gasteiger partial charge >= 0.3 is 0 Å². The number of fused-ring (bicyclic) bond motifs is 1. The van der Waals surface area contributed by atoms with Crippen LogP contribution in [0.1, 0.15) is 11.1 Å². The first kappa shape index (κ1) is 9.13. The number of halogens is 1. The summed E-state index contributed by atoms with van der Waals surface area (Å²) in [6.07, 6.45) is 0. The Bertz CT molecular complexity index is 527. The minimum Gasteiger partial charge on any atom is -0.392 e. The molecule has 0 aliphatic carbocycles. The molecule has 0 saturated carbocycles. The van der Waals surface area contributed by atoms with Crippen LogP contribution in [-0.2, 0) is 6.61 Å². The van der Waals surface area contributed by atoms with Crippen molar-refractivity contribution < 1.29 is 9.50 Å². The van der Waals surface area contributed by atoms with Gasteiger partial charge in [-0.3, -0.25) is 0 Å². The number of aliphatic hydroxyl groups excluding tert-OH is 1. The molecule has 0 bridgehead atoms. The summed E-state index contributed by atoms with van der Waals surface area (Å²) in [5, 5.41) is 20.2. The summed E-state index contributed by atoms with van der Waals surface area (Å²) >= 11 is 1.28. The van der Waals surface area contributed by atoms with E-state index in [9.17, 15) is 4.39 Å². The summed E-state index contributed by atoms with van der Waals surface area (Å²) in [4.78, 5) is 0. The van der Waals surface area contributed by atoms with Gasteiger partial charge in [0, 0.05) is 0 Å². The molecule has 70 valence electrons. The van der Waals surface area contributed by atoms with Crippen LogP contribution >= 0.6 is 11.3 Å². The fourth-order valence-electron chi connectivity index (χ4n) is 1.35. The molecule has 0 unspecified atom stereocenters. The van der Waals surface area contributed by atoms with Crippen LogP contribution in [0.15, 0.2) is 17.5 Å². The highest BCUT2D eigenvalue weighted by Crippen LogP contribution is 2.30. The Balaban J connectivity index is 2.85. The molecule has 0 amide bonds. The molecule has 0 saturated heterocycles. The predicted octanol–water partition coefficient (Wildman–Crippen LogP) is 2.40. The Labute approximate surface area is 83.8 Å². The van der Waals surface area contributed by atoms with Crippen LogP contribution in [0.5, 0.6) is 0 Å². The molecule has 1 aromatic heterocycles. The Morgan fingerprint density at radius 2 is 2.29 bits per heavy atom. The predicted molar refractivity (Wildman–Crippen MR) is 52.4 cm³/mol. The average Bonchev–Trinajstić information content (AvgIpc) is 2.60. The van der Waals surface area contributed by atoms with Gasteiger partial charge in [-0.2, -0.15) is 5.26 Å². The van der Waals surface area contributed by atoms with E-state index in [0.717, 1.165) is 10.9 Å². The monoisotopic (exact) mass is 207 g/mol. The molecule has 2 nitrogen and oxygen atoms in total. The molecule has 2 rings (SSSR count). The zero-order chi connectivity index (χ0) is 10.1. The van der Waals surface area contributed by atoms with Crippen molar-refractivity contribution in [3.63, 3.8) is 0 Å². The number of hydrogen-bond donors (Lipinski definition) is 1. The number of rotatable bonds is 1. The lowest BCUT2D eigenvalue weighted by molar-refractivity contribution is 0.284. The van der Waals surface area contributed by atoms with Crippen LogP contribution in [-0.4, -0.2) is 5.11 Å². The van der Waals surface area contributed by atoms with Crippen molar-refractivity contribution in [2.75, 3.05) is 0 Å². The molecule has 0 aliphatic rings. The van der Waals surface area contributed by atoms with E-state index in [0.29, 0.717) is 4.70 Å². The first-order valence-electron chi connectivity index (χ1n) is 3.97. The maximum Gasteiger partial charge on any atom is 0.142 e. The Hall–Kier alpha value is -1.44. The Morgan fingerprint density at radius 1 is 1.50 bits per heavy atom. The Kier molecular flexibility index (Phi) is 2.20. The number of nitrogens with zero attached hydrogens (tertiary/aromatic N) is 1. The van der Waals surface area contributed by atoms with E-state index in [-0.39, 0.29) is 12.2 Å². The molecule has 0 radical (unpaired) electrons. The zero-order valence-corrected chi connectivity index (χ0v) is 7.94. The fourth-order valence-corrected chi connectivity index (χ4v) is 2.40. The van der Waals surface area contributed by atoms with Crippen molar-refractivity contribution in [3.8, 4) is 6.07 Å². The van der Waals surface area contributed by atoms with Crippen LogP contribution in [0.3, 0.4) is 0 Å². The number of nitriles is 1. The van der Waals surface area contributed by atoms with Gasteiger partial charge in [0.1, 0.15) is 17.4 Å². The van der Waals surface area contributed by atoms with Gasteiger partial charge in [0.25, 0.3) is 0 Å². The van der Waals surface area contributed by atoms with E-state index in [1.54, 1.807) is 11.4 Å². The van der Waals surface area contributed by atoms with Crippen molar-refractivity contribution in [3.05, 3.63) is 34.5 Å². The molecule has 4 heteroatoms. The summed E-state index contributed by atoms with van der Waals surface area (Å²) in [5.41, 5.74) is 0.800. The van der Waals surface area contributed by atoms with E-state index in [1.807, 2.05) is 6.07 Å². The van der Waals surface area contributed by atoms with E-state index >= 15 is 0 Å². The second kappa shape index (κ2) is 3.37. The number of aliphatic hydroxyl groups is 1. The lowest BCUT2D eigenvalue weighted by Crippen LogP contribution is -1.84. The topological polar surface area (TPSA) is 44.0 Å². The van der Waals surface area contributed by atoms with Gasteiger partial charge < -0.3 is 5.11 Å². The Morgan fingerprint density at radius 3 is 2.93 bits per heavy atom. The summed E-state index contributed by atoms with van der Waals surface area (Å²) in [6, 6.07) is 4.68. The van der Waals surface area contributed by atoms with Crippen molar-refractivity contribution in [1.29, 1.82) is 5.26 Å². The van der Waals surface area contributed by atoms with Crippen molar-refractivity contribution in [1.82, 2.24) is 0 Å². The highest BCUT2D eigenvalue weighted by Gasteiger charge is 2.11. The van der Waals surface area contributed by atoms with Crippen molar-refractivity contribution in [2.45, 2.75) is 6.61 Å². The first-order chi connectivity index (χ1) is 6.77.